The van der Waals surface area contributed by atoms with Gasteiger partial charge >= 0.3 is 0 Å². The monoisotopic (exact) mass is 554 g/mol. The van der Waals surface area contributed by atoms with Crippen molar-refractivity contribution in [3.8, 4) is 34.4 Å². The molecule has 2 heterocycles. The number of nitrogen functional groups attached to an aromatic ring is 1. The average molecular weight is 555 g/mol. The van der Waals surface area contributed by atoms with Gasteiger partial charge in [0.1, 0.15) is 28.6 Å². The first kappa shape index (κ1) is 27.4. The molecule has 0 saturated heterocycles. The number of aromatic nitrogens is 2. The molecule has 2 aromatic carbocycles. The molecule has 208 valence electrons. The van der Waals surface area contributed by atoms with E-state index in [0.717, 1.165) is 16.7 Å². The van der Waals surface area contributed by atoms with Gasteiger partial charge in [0.05, 0.1) is 19.9 Å². The average Bonchev–Trinajstić information content (AvgIpc) is 2.90. The molecule has 0 aliphatic rings. The summed E-state index contributed by atoms with van der Waals surface area (Å²) >= 11 is 0. The van der Waals surface area contributed by atoms with E-state index in [1.54, 1.807) is 24.3 Å². The van der Waals surface area contributed by atoms with Crippen LogP contribution in [0.25, 0.3) is 11.3 Å². The summed E-state index contributed by atoms with van der Waals surface area (Å²) in [5, 5.41) is -0.392. The van der Waals surface area contributed by atoms with E-state index in [-0.39, 0.29) is 21.5 Å². The number of nitrogens with two attached hydrogens (primary N) is 1. The van der Waals surface area contributed by atoms with Crippen LogP contribution >= 0.6 is 0 Å². The van der Waals surface area contributed by atoms with Crippen LogP contribution in [0, 0.1) is 20.8 Å². The highest BCUT2D eigenvalue weighted by Crippen LogP contribution is 2.34. The predicted octanol–water partition coefficient (Wildman–Crippen LogP) is 5.32. The number of carbonyl (C=O) groups excluding carboxylic acids is 1. The maximum atomic E-state index is 13.3. The second-order valence-electron chi connectivity index (χ2n) is 8.82. The van der Waals surface area contributed by atoms with E-state index in [1.165, 1.54) is 38.5 Å². The van der Waals surface area contributed by atoms with Gasteiger partial charge in [0.2, 0.25) is 5.88 Å². The smallest absolute Gasteiger partial charge is 0.281 e. The Bertz CT molecular complexity index is 1640. The first-order valence-corrected chi connectivity index (χ1v) is 13.3. The van der Waals surface area contributed by atoms with Gasteiger partial charge in [-0.1, -0.05) is 23.8 Å². The quantitative estimate of drug-likeness (QED) is 0.296. The van der Waals surface area contributed by atoms with Crippen LogP contribution < -0.4 is 24.7 Å². The normalized spacial score (nSPS) is 11.1. The highest BCUT2D eigenvalue weighted by atomic mass is 32.2. The van der Waals surface area contributed by atoms with Gasteiger partial charge in [-0.2, -0.15) is 8.42 Å². The number of rotatable bonds is 8. The summed E-state index contributed by atoms with van der Waals surface area (Å²) in [5.41, 5.74) is 9.30. The lowest BCUT2D eigenvalue weighted by molar-refractivity contribution is 0.0978. The van der Waals surface area contributed by atoms with E-state index in [0.29, 0.717) is 28.5 Å². The molecule has 11 heteroatoms. The van der Waals surface area contributed by atoms with Crippen molar-refractivity contribution in [2.45, 2.75) is 25.8 Å². The Hall–Kier alpha value is -4.64. The van der Waals surface area contributed by atoms with Gasteiger partial charge < -0.3 is 19.9 Å². The highest BCUT2D eigenvalue weighted by molar-refractivity contribution is 7.90. The van der Waals surface area contributed by atoms with Crippen LogP contribution in [0.4, 0.5) is 5.82 Å². The van der Waals surface area contributed by atoms with Gasteiger partial charge in [0.15, 0.2) is 5.03 Å². The van der Waals surface area contributed by atoms with Crippen molar-refractivity contribution in [3.05, 3.63) is 82.9 Å². The Morgan fingerprint density at radius 2 is 1.54 bits per heavy atom. The Morgan fingerprint density at radius 3 is 2.13 bits per heavy atom. The predicted molar refractivity (Wildman–Crippen MR) is 153 cm³/mol. The highest BCUT2D eigenvalue weighted by Gasteiger charge is 2.25. The molecule has 39 heavy (non-hydrogen) atoms. The molecule has 1 amide bonds. The molecule has 0 radical (unpaired) electrons. The number of anilines is 1. The third-order valence-corrected chi connectivity index (χ3v) is 7.04. The Labute approximate surface area is 231 Å². The number of hydrogen-bond acceptors (Lipinski definition) is 9. The molecule has 0 unspecified atom stereocenters. The van der Waals surface area contributed by atoms with Gasteiger partial charge in [-0.3, -0.25) is 4.79 Å². The molecule has 3 N–H and O–H groups in total. The zero-order valence-corrected chi connectivity index (χ0v) is 22.9. The lowest BCUT2D eigenvalue weighted by Gasteiger charge is -2.16. The van der Waals surface area contributed by atoms with E-state index in [2.05, 4.69) is 9.97 Å². The van der Waals surface area contributed by atoms with E-state index >= 15 is 0 Å². The number of benzene rings is 2. The van der Waals surface area contributed by atoms with Crippen molar-refractivity contribution in [3.63, 3.8) is 0 Å². The van der Waals surface area contributed by atoms with Gasteiger partial charge in [-0.25, -0.2) is 14.7 Å². The number of nitrogens with zero attached hydrogens (tertiary/aromatic N) is 2. The minimum atomic E-state index is -4.33. The number of ether oxygens (including phenoxy) is 3. The second-order valence-corrected chi connectivity index (χ2v) is 10.4. The number of carbonyl (C=O) groups is 1. The van der Waals surface area contributed by atoms with Crippen LogP contribution in [0.3, 0.4) is 0 Å². The lowest BCUT2D eigenvalue weighted by Crippen LogP contribution is -2.31. The van der Waals surface area contributed by atoms with Crippen molar-refractivity contribution in [1.29, 1.82) is 0 Å². The summed E-state index contributed by atoms with van der Waals surface area (Å²) in [4.78, 5) is 21.7. The van der Waals surface area contributed by atoms with Crippen LogP contribution in [0.15, 0.2) is 65.7 Å². The minimum absolute atomic E-state index is 0. The zero-order chi connectivity index (χ0) is 28.3. The van der Waals surface area contributed by atoms with Crippen molar-refractivity contribution in [1.82, 2.24) is 14.7 Å². The van der Waals surface area contributed by atoms with E-state index < -0.39 is 21.0 Å². The maximum Gasteiger partial charge on any atom is 0.281 e. The van der Waals surface area contributed by atoms with Crippen molar-refractivity contribution >= 4 is 21.7 Å². The third kappa shape index (κ3) is 6.10. The van der Waals surface area contributed by atoms with Gasteiger partial charge in [-0.15, -0.1) is 0 Å². The van der Waals surface area contributed by atoms with Crippen LogP contribution in [0.1, 0.15) is 31.3 Å². The summed E-state index contributed by atoms with van der Waals surface area (Å²) in [6, 6.07) is 16.2. The standard InChI is InChI=1S/C28H28N4O6S.3H2/c1-16-11-17(2)26(18(3)12-16)38-28-22(27(33)32-39(34,35)25-8-6-7-24(29)31-25)9-10-23(30-28)19-13-20(36-4)15-21(14-19)37-5;;;/h6-15H,1-5H3,(H2,29,31)(H,32,33);3*1H. The minimum Gasteiger partial charge on any atom is -0.497 e. The molecule has 0 spiro atoms. The SMILES string of the molecule is COc1cc(OC)cc(-c2ccc(C(=O)NS(=O)(=O)c3cccc(N)n3)c(Oc3c(C)cc(C)cc3C)n2)c1.[HH].[HH].[HH]. The number of methoxy groups -OCH3 is 2. The summed E-state index contributed by atoms with van der Waals surface area (Å²) in [6.45, 7) is 5.72. The van der Waals surface area contributed by atoms with Crippen molar-refractivity contribution in [2.75, 3.05) is 20.0 Å². The van der Waals surface area contributed by atoms with Crippen LogP contribution in [0.5, 0.6) is 23.1 Å². The van der Waals surface area contributed by atoms with Gasteiger partial charge in [0.25, 0.3) is 15.9 Å². The summed E-state index contributed by atoms with van der Waals surface area (Å²) in [6.07, 6.45) is 0. The maximum absolute atomic E-state index is 13.3. The largest absolute Gasteiger partial charge is 0.497 e. The van der Waals surface area contributed by atoms with Gasteiger partial charge in [0, 0.05) is 15.9 Å². The molecule has 0 fully saturated rings. The van der Waals surface area contributed by atoms with Crippen LogP contribution in [-0.4, -0.2) is 38.5 Å². The summed E-state index contributed by atoms with van der Waals surface area (Å²) in [5.74, 6) is 0.557. The van der Waals surface area contributed by atoms with Crippen LogP contribution in [-0.2, 0) is 10.0 Å². The van der Waals surface area contributed by atoms with Crippen LogP contribution in [0.2, 0.25) is 0 Å². The fourth-order valence-corrected chi connectivity index (χ4v) is 4.98. The zero-order valence-electron chi connectivity index (χ0n) is 22.1. The number of aryl methyl sites for hydroxylation is 3. The molecule has 10 nitrogen and oxygen atoms in total. The van der Waals surface area contributed by atoms with Gasteiger partial charge in [-0.05, 0) is 68.3 Å². The first-order valence-electron chi connectivity index (χ1n) is 11.8. The van der Waals surface area contributed by atoms with E-state index in [4.69, 9.17) is 19.9 Å². The number of amides is 1. The molecular formula is C28H34N4O6S. The van der Waals surface area contributed by atoms with E-state index in [1.807, 2.05) is 37.6 Å². The Kier molecular flexibility index (Phi) is 7.73. The first-order chi connectivity index (χ1) is 18.5. The molecule has 0 aliphatic carbocycles. The van der Waals surface area contributed by atoms with E-state index in [9.17, 15) is 13.2 Å². The summed E-state index contributed by atoms with van der Waals surface area (Å²) < 4.78 is 44.7. The van der Waals surface area contributed by atoms with Crippen molar-refractivity contribution in [2.24, 2.45) is 0 Å². The Balaban J connectivity index is 0.00000294. The molecule has 0 bridgehead atoms. The molecule has 4 aromatic rings. The van der Waals surface area contributed by atoms with Crippen molar-refractivity contribution < 1.29 is 31.7 Å². The number of sulfonamides is 1. The molecule has 0 aliphatic heterocycles. The number of hydrogen-bond donors (Lipinski definition) is 2. The Morgan fingerprint density at radius 1 is 0.897 bits per heavy atom. The topological polar surface area (TPSA) is 143 Å². The molecular weight excluding hydrogens is 520 g/mol. The number of nitrogens with one attached hydrogen (secondary N) is 1. The fraction of sp³-hybridized carbons (Fsp3) is 0.179. The molecule has 0 saturated carbocycles. The molecule has 4 rings (SSSR count). The molecule has 2 aromatic heterocycles. The number of pyridine rings is 2. The summed E-state index contributed by atoms with van der Waals surface area (Å²) in [7, 11) is -1.26. The third-order valence-electron chi connectivity index (χ3n) is 5.80. The fourth-order valence-electron chi connectivity index (χ4n) is 4.04. The lowest BCUT2D eigenvalue weighted by atomic mass is 10.1. The second kappa shape index (κ2) is 11.0. The molecule has 0 atom stereocenters.